The predicted molar refractivity (Wildman–Crippen MR) is 103 cm³/mol. The van der Waals surface area contributed by atoms with Crippen LogP contribution in [0.3, 0.4) is 0 Å². The quantitative estimate of drug-likeness (QED) is 0.665. The number of anilines is 1. The van der Waals surface area contributed by atoms with Crippen LogP contribution >= 0.6 is 34.3 Å². The average Bonchev–Trinajstić information content (AvgIpc) is 3.24. The van der Waals surface area contributed by atoms with Crippen molar-refractivity contribution in [3.8, 4) is 10.6 Å². The lowest BCUT2D eigenvalue weighted by Gasteiger charge is -2.04. The lowest BCUT2D eigenvalue weighted by Crippen LogP contribution is -2.12. The largest absolute Gasteiger partial charge is 0.298 e. The van der Waals surface area contributed by atoms with Crippen molar-refractivity contribution in [2.45, 2.75) is 11.8 Å². The Hall–Kier alpha value is -1.74. The molecule has 9 heteroatoms. The van der Waals surface area contributed by atoms with E-state index in [1.165, 1.54) is 46.9 Å². The average molecular weight is 413 g/mol. The van der Waals surface area contributed by atoms with E-state index in [9.17, 15) is 13.2 Å². The molecule has 0 atom stereocenters. The van der Waals surface area contributed by atoms with Gasteiger partial charge in [0.25, 0.3) is 5.91 Å². The molecule has 25 heavy (non-hydrogen) atoms. The van der Waals surface area contributed by atoms with Crippen LogP contribution in [0.5, 0.6) is 0 Å². The Bertz CT molecular complexity index is 1010. The lowest BCUT2D eigenvalue weighted by molar-refractivity contribution is 0.102. The van der Waals surface area contributed by atoms with Crippen LogP contribution in [0.25, 0.3) is 10.6 Å². The molecule has 5 nitrogen and oxygen atoms in total. The molecule has 2 aromatic heterocycles. The molecule has 1 amide bonds. The number of amides is 1. The van der Waals surface area contributed by atoms with Gasteiger partial charge in [-0.3, -0.25) is 10.1 Å². The number of carbonyl (C=O) groups is 1. The van der Waals surface area contributed by atoms with Crippen molar-refractivity contribution in [3.05, 3.63) is 51.7 Å². The van der Waals surface area contributed by atoms with Gasteiger partial charge in [0.1, 0.15) is 0 Å². The number of halogens is 1. The fourth-order valence-corrected chi connectivity index (χ4v) is 4.71. The molecular weight excluding hydrogens is 400 g/mol. The first kappa shape index (κ1) is 18.1. The maximum absolute atomic E-state index is 12.3. The zero-order valence-corrected chi connectivity index (χ0v) is 16.2. The van der Waals surface area contributed by atoms with Crippen LogP contribution in [0, 0.1) is 0 Å². The van der Waals surface area contributed by atoms with Gasteiger partial charge in [0.15, 0.2) is 15.0 Å². The SMILES string of the molecule is CCS(=O)(=O)c1ccc(C(=O)Nc2nc(-c3ccc(Cl)s3)cs2)cc1. The van der Waals surface area contributed by atoms with Gasteiger partial charge in [-0.05, 0) is 36.4 Å². The third-order valence-corrected chi connectivity index (χ3v) is 7.17. The number of aromatic nitrogens is 1. The van der Waals surface area contributed by atoms with E-state index in [0.29, 0.717) is 15.0 Å². The Morgan fingerprint density at radius 2 is 1.92 bits per heavy atom. The molecule has 0 spiro atoms. The van der Waals surface area contributed by atoms with Crippen LogP contribution in [0.1, 0.15) is 17.3 Å². The second-order valence-corrected chi connectivity index (χ2v) is 9.88. The van der Waals surface area contributed by atoms with Crippen molar-refractivity contribution in [2.24, 2.45) is 0 Å². The number of thiophene rings is 1. The Morgan fingerprint density at radius 1 is 1.20 bits per heavy atom. The van der Waals surface area contributed by atoms with Gasteiger partial charge >= 0.3 is 0 Å². The maximum Gasteiger partial charge on any atom is 0.257 e. The summed E-state index contributed by atoms with van der Waals surface area (Å²) in [6.07, 6.45) is 0. The van der Waals surface area contributed by atoms with Gasteiger partial charge in [-0.1, -0.05) is 18.5 Å². The summed E-state index contributed by atoms with van der Waals surface area (Å²) in [5.41, 5.74) is 1.12. The van der Waals surface area contributed by atoms with Gasteiger partial charge < -0.3 is 0 Å². The second kappa shape index (κ2) is 7.25. The number of nitrogens with zero attached hydrogens (tertiary/aromatic N) is 1. The normalized spacial score (nSPS) is 11.4. The Kier molecular flexibility index (Phi) is 5.24. The molecule has 0 aliphatic carbocycles. The van der Waals surface area contributed by atoms with Gasteiger partial charge in [0, 0.05) is 10.9 Å². The van der Waals surface area contributed by atoms with E-state index in [4.69, 9.17) is 11.6 Å². The molecule has 130 valence electrons. The number of nitrogens with one attached hydrogen (secondary N) is 1. The second-order valence-electron chi connectivity index (χ2n) is 5.02. The molecule has 0 saturated carbocycles. The number of carbonyl (C=O) groups excluding carboxylic acids is 1. The van der Waals surface area contributed by atoms with Gasteiger partial charge in [-0.25, -0.2) is 13.4 Å². The van der Waals surface area contributed by atoms with Crippen LogP contribution in [0.15, 0.2) is 46.7 Å². The minimum atomic E-state index is -3.28. The fourth-order valence-electron chi connectivity index (χ4n) is 2.05. The van der Waals surface area contributed by atoms with E-state index < -0.39 is 9.84 Å². The first-order valence-corrected chi connectivity index (χ1v) is 11.0. The minimum Gasteiger partial charge on any atom is -0.298 e. The van der Waals surface area contributed by atoms with E-state index in [2.05, 4.69) is 10.3 Å². The first-order chi connectivity index (χ1) is 11.9. The van der Waals surface area contributed by atoms with Gasteiger partial charge in [0.2, 0.25) is 0 Å². The highest BCUT2D eigenvalue weighted by Crippen LogP contribution is 2.32. The van der Waals surface area contributed by atoms with Crippen molar-refractivity contribution >= 4 is 55.2 Å². The summed E-state index contributed by atoms with van der Waals surface area (Å²) in [7, 11) is -3.28. The topological polar surface area (TPSA) is 76.1 Å². The fraction of sp³-hybridized carbons (Fsp3) is 0.125. The Balaban J connectivity index is 1.73. The number of sulfone groups is 1. The van der Waals surface area contributed by atoms with E-state index in [1.54, 1.807) is 13.0 Å². The molecule has 0 saturated heterocycles. The molecule has 3 rings (SSSR count). The summed E-state index contributed by atoms with van der Waals surface area (Å²) in [5.74, 6) is -0.321. The van der Waals surface area contributed by atoms with E-state index in [0.717, 1.165) is 10.6 Å². The van der Waals surface area contributed by atoms with Gasteiger partial charge in [0.05, 0.1) is 25.6 Å². The summed E-state index contributed by atoms with van der Waals surface area (Å²) in [6, 6.07) is 9.53. The standard InChI is InChI=1S/C16H13ClN2O3S3/c1-2-25(21,22)11-5-3-10(4-6-11)15(20)19-16-18-12(9-23-16)13-7-8-14(17)24-13/h3-9H,2H2,1H3,(H,18,19,20). The lowest BCUT2D eigenvalue weighted by atomic mass is 10.2. The van der Waals surface area contributed by atoms with Crippen LogP contribution in [-0.2, 0) is 9.84 Å². The first-order valence-electron chi connectivity index (χ1n) is 7.24. The Labute approximate surface area is 158 Å². The highest BCUT2D eigenvalue weighted by atomic mass is 35.5. The van der Waals surface area contributed by atoms with Crippen molar-refractivity contribution < 1.29 is 13.2 Å². The minimum absolute atomic E-state index is 0.0210. The van der Waals surface area contributed by atoms with Crippen molar-refractivity contribution in [2.75, 3.05) is 11.1 Å². The molecule has 1 N–H and O–H groups in total. The zero-order valence-electron chi connectivity index (χ0n) is 13.0. The summed E-state index contributed by atoms with van der Waals surface area (Å²) in [4.78, 5) is 17.8. The number of hydrogen-bond donors (Lipinski definition) is 1. The van der Waals surface area contributed by atoms with E-state index in [-0.39, 0.29) is 16.6 Å². The summed E-state index contributed by atoms with van der Waals surface area (Å²) < 4.78 is 24.3. The van der Waals surface area contributed by atoms with Gasteiger partial charge in [-0.2, -0.15) is 0 Å². The third kappa shape index (κ3) is 4.09. The van der Waals surface area contributed by atoms with Crippen LogP contribution < -0.4 is 5.32 Å². The molecule has 0 bridgehead atoms. The van der Waals surface area contributed by atoms with Crippen molar-refractivity contribution in [1.82, 2.24) is 4.98 Å². The highest BCUT2D eigenvalue weighted by molar-refractivity contribution is 7.91. The number of hydrogen-bond acceptors (Lipinski definition) is 6. The third-order valence-electron chi connectivity index (χ3n) is 3.41. The van der Waals surface area contributed by atoms with E-state index >= 15 is 0 Å². The number of rotatable bonds is 5. The molecular formula is C16H13ClN2O3S3. The molecule has 0 aliphatic heterocycles. The highest BCUT2D eigenvalue weighted by Gasteiger charge is 2.14. The molecule has 0 fully saturated rings. The summed E-state index contributed by atoms with van der Waals surface area (Å²) in [5, 5.41) is 5.03. The maximum atomic E-state index is 12.3. The van der Waals surface area contributed by atoms with Crippen LogP contribution in [-0.4, -0.2) is 25.1 Å². The summed E-state index contributed by atoms with van der Waals surface area (Å²) in [6.45, 7) is 1.58. The molecule has 3 aromatic rings. The number of benzene rings is 1. The Morgan fingerprint density at radius 3 is 2.52 bits per heavy atom. The number of thiazole rings is 1. The molecule has 1 aromatic carbocycles. The molecule has 0 unspecified atom stereocenters. The van der Waals surface area contributed by atoms with Crippen LogP contribution in [0.4, 0.5) is 5.13 Å². The summed E-state index contributed by atoms with van der Waals surface area (Å²) >= 11 is 8.65. The monoisotopic (exact) mass is 412 g/mol. The smallest absolute Gasteiger partial charge is 0.257 e. The molecule has 2 heterocycles. The van der Waals surface area contributed by atoms with Crippen molar-refractivity contribution in [1.29, 1.82) is 0 Å². The molecule has 0 aliphatic rings. The predicted octanol–water partition coefficient (Wildman–Crippen LogP) is 4.57. The zero-order chi connectivity index (χ0) is 18.0. The molecule has 0 radical (unpaired) electrons. The van der Waals surface area contributed by atoms with Crippen LogP contribution in [0.2, 0.25) is 4.34 Å². The van der Waals surface area contributed by atoms with E-state index in [1.807, 2.05) is 11.4 Å². The van der Waals surface area contributed by atoms with Crippen molar-refractivity contribution in [3.63, 3.8) is 0 Å². The van der Waals surface area contributed by atoms with Gasteiger partial charge in [-0.15, -0.1) is 22.7 Å².